The van der Waals surface area contributed by atoms with Crippen LogP contribution in [0.3, 0.4) is 0 Å². The number of amides is 1. The number of carbonyl (C=O) groups is 1. The summed E-state index contributed by atoms with van der Waals surface area (Å²) in [7, 11) is 3.81. The van der Waals surface area contributed by atoms with Gasteiger partial charge in [-0.1, -0.05) is 6.92 Å². The van der Waals surface area contributed by atoms with Crippen LogP contribution in [-0.2, 0) is 11.2 Å². The van der Waals surface area contributed by atoms with Gasteiger partial charge in [-0.3, -0.25) is 4.79 Å². The third-order valence-electron chi connectivity index (χ3n) is 2.95. The molecule has 2 heterocycles. The summed E-state index contributed by atoms with van der Waals surface area (Å²) in [4.78, 5) is 22.6. The maximum atomic E-state index is 12.1. The Labute approximate surface area is 128 Å². The number of hydrogen-bond acceptors (Lipinski definition) is 6. The number of anilines is 2. The largest absolute Gasteiger partial charge is 0.363 e. The van der Waals surface area contributed by atoms with Gasteiger partial charge in [-0.15, -0.1) is 11.3 Å². The Morgan fingerprint density at radius 1 is 1.48 bits per heavy atom. The number of carbonyl (C=O) groups excluding carboxylic acids is 1. The molecule has 7 heteroatoms. The van der Waals surface area contributed by atoms with Crippen molar-refractivity contribution in [1.29, 1.82) is 0 Å². The van der Waals surface area contributed by atoms with E-state index in [2.05, 4.69) is 15.3 Å². The lowest BCUT2D eigenvalue weighted by atomic mass is 10.2. The Bertz CT molecular complexity index is 608. The highest BCUT2D eigenvalue weighted by atomic mass is 32.1. The number of pyridine rings is 1. The van der Waals surface area contributed by atoms with E-state index in [0.717, 1.165) is 17.2 Å². The van der Waals surface area contributed by atoms with Crippen LogP contribution in [0.4, 0.5) is 11.5 Å². The van der Waals surface area contributed by atoms with E-state index in [1.54, 1.807) is 12.3 Å². The van der Waals surface area contributed by atoms with E-state index in [1.165, 1.54) is 11.3 Å². The quantitative estimate of drug-likeness (QED) is 0.880. The normalized spacial score (nSPS) is 12.0. The van der Waals surface area contributed by atoms with Gasteiger partial charge in [-0.25, -0.2) is 9.97 Å². The first-order valence-electron chi connectivity index (χ1n) is 6.65. The van der Waals surface area contributed by atoms with Crippen LogP contribution in [0, 0.1) is 0 Å². The van der Waals surface area contributed by atoms with Gasteiger partial charge in [-0.05, 0) is 18.6 Å². The van der Waals surface area contributed by atoms with Gasteiger partial charge in [0, 0.05) is 19.5 Å². The van der Waals surface area contributed by atoms with Crippen molar-refractivity contribution < 1.29 is 4.79 Å². The monoisotopic (exact) mass is 305 g/mol. The summed E-state index contributed by atoms with van der Waals surface area (Å²) in [5, 5.41) is 5.56. The Morgan fingerprint density at radius 2 is 2.24 bits per heavy atom. The molecule has 1 amide bonds. The van der Waals surface area contributed by atoms with Crippen LogP contribution in [0.2, 0.25) is 0 Å². The molecule has 0 aliphatic carbocycles. The van der Waals surface area contributed by atoms with Gasteiger partial charge in [0.1, 0.15) is 11.9 Å². The molecule has 112 valence electrons. The SMILES string of the molecule is CCc1nc(C(N)C(=O)Nc2ccc(N(C)C)nc2)cs1. The van der Waals surface area contributed by atoms with E-state index in [4.69, 9.17) is 5.73 Å². The second-order valence-electron chi connectivity index (χ2n) is 4.79. The van der Waals surface area contributed by atoms with Crippen LogP contribution in [0.15, 0.2) is 23.7 Å². The summed E-state index contributed by atoms with van der Waals surface area (Å²) in [5.74, 6) is 0.534. The Balaban J connectivity index is 2.03. The van der Waals surface area contributed by atoms with Crippen LogP contribution < -0.4 is 16.0 Å². The summed E-state index contributed by atoms with van der Waals surface area (Å²) in [6, 6.07) is 2.86. The molecule has 0 radical (unpaired) electrons. The van der Waals surface area contributed by atoms with Gasteiger partial charge in [0.15, 0.2) is 0 Å². The molecule has 0 bridgehead atoms. The van der Waals surface area contributed by atoms with Crippen molar-refractivity contribution in [2.45, 2.75) is 19.4 Å². The lowest BCUT2D eigenvalue weighted by Crippen LogP contribution is -2.28. The van der Waals surface area contributed by atoms with Crippen molar-refractivity contribution in [3.8, 4) is 0 Å². The fourth-order valence-corrected chi connectivity index (χ4v) is 2.49. The molecule has 0 fully saturated rings. The van der Waals surface area contributed by atoms with Gasteiger partial charge in [0.05, 0.1) is 22.6 Å². The molecule has 6 nitrogen and oxygen atoms in total. The molecule has 2 aromatic rings. The van der Waals surface area contributed by atoms with Gasteiger partial charge in [0.25, 0.3) is 0 Å². The van der Waals surface area contributed by atoms with Crippen molar-refractivity contribution in [1.82, 2.24) is 9.97 Å². The van der Waals surface area contributed by atoms with Crippen LogP contribution in [-0.4, -0.2) is 30.0 Å². The molecule has 0 aliphatic rings. The molecule has 1 atom stereocenters. The van der Waals surface area contributed by atoms with Gasteiger partial charge in [-0.2, -0.15) is 0 Å². The minimum absolute atomic E-state index is 0.289. The number of hydrogen-bond donors (Lipinski definition) is 2. The predicted octanol–water partition coefficient (Wildman–Crippen LogP) is 1.80. The molecular weight excluding hydrogens is 286 g/mol. The third-order valence-corrected chi connectivity index (χ3v) is 3.96. The van der Waals surface area contributed by atoms with Crippen LogP contribution in [0.5, 0.6) is 0 Å². The van der Waals surface area contributed by atoms with Crippen LogP contribution in [0.1, 0.15) is 23.7 Å². The Morgan fingerprint density at radius 3 is 2.76 bits per heavy atom. The molecule has 0 aromatic carbocycles. The number of nitrogens with one attached hydrogen (secondary N) is 1. The first-order valence-corrected chi connectivity index (χ1v) is 7.53. The second kappa shape index (κ2) is 6.64. The summed E-state index contributed by atoms with van der Waals surface area (Å²) in [6.07, 6.45) is 2.45. The fourth-order valence-electron chi connectivity index (χ4n) is 1.71. The number of thiazole rings is 1. The molecule has 2 rings (SSSR count). The number of aromatic nitrogens is 2. The van der Waals surface area contributed by atoms with E-state index in [-0.39, 0.29) is 5.91 Å². The van der Waals surface area contributed by atoms with Crippen molar-refractivity contribution in [2.75, 3.05) is 24.3 Å². The number of rotatable bonds is 5. The first kappa shape index (κ1) is 15.4. The van der Waals surface area contributed by atoms with Crippen molar-refractivity contribution in [2.24, 2.45) is 5.73 Å². The van der Waals surface area contributed by atoms with E-state index in [1.807, 2.05) is 37.4 Å². The maximum absolute atomic E-state index is 12.1. The van der Waals surface area contributed by atoms with Crippen LogP contribution in [0.25, 0.3) is 0 Å². The zero-order valence-electron chi connectivity index (χ0n) is 12.3. The lowest BCUT2D eigenvalue weighted by molar-refractivity contribution is -0.117. The zero-order chi connectivity index (χ0) is 15.4. The first-order chi connectivity index (χ1) is 10.0. The lowest BCUT2D eigenvalue weighted by Gasteiger charge is -2.13. The highest BCUT2D eigenvalue weighted by molar-refractivity contribution is 7.09. The van der Waals surface area contributed by atoms with Crippen molar-refractivity contribution >= 4 is 28.7 Å². The van der Waals surface area contributed by atoms with Crippen molar-refractivity contribution in [3.05, 3.63) is 34.4 Å². The topological polar surface area (TPSA) is 84.1 Å². The molecule has 2 aromatic heterocycles. The molecule has 0 aliphatic heterocycles. The second-order valence-corrected chi connectivity index (χ2v) is 5.73. The zero-order valence-corrected chi connectivity index (χ0v) is 13.1. The van der Waals surface area contributed by atoms with Gasteiger partial charge < -0.3 is 16.0 Å². The Hall–Kier alpha value is -1.99. The number of nitrogens with zero attached hydrogens (tertiary/aromatic N) is 3. The van der Waals surface area contributed by atoms with Gasteiger partial charge >= 0.3 is 0 Å². The highest BCUT2D eigenvalue weighted by Gasteiger charge is 2.19. The van der Waals surface area contributed by atoms with E-state index < -0.39 is 6.04 Å². The Kier molecular flexibility index (Phi) is 4.87. The minimum atomic E-state index is -0.768. The smallest absolute Gasteiger partial charge is 0.247 e. The van der Waals surface area contributed by atoms with E-state index in [9.17, 15) is 4.79 Å². The van der Waals surface area contributed by atoms with Gasteiger partial charge in [0.2, 0.25) is 5.91 Å². The molecular formula is C14H19N5OS. The summed E-state index contributed by atoms with van der Waals surface area (Å²) >= 11 is 1.52. The standard InChI is InChI=1S/C14H19N5OS/c1-4-12-18-10(8-21-12)13(15)14(20)17-9-5-6-11(16-7-9)19(2)3/h5-8,13H,4,15H2,1-3H3,(H,17,20). The number of nitrogens with two attached hydrogens (primary N) is 1. The third kappa shape index (κ3) is 3.77. The fraction of sp³-hybridized carbons (Fsp3) is 0.357. The van der Waals surface area contributed by atoms with Crippen molar-refractivity contribution in [3.63, 3.8) is 0 Å². The van der Waals surface area contributed by atoms with Crippen LogP contribution >= 0.6 is 11.3 Å². The highest BCUT2D eigenvalue weighted by Crippen LogP contribution is 2.18. The van der Waals surface area contributed by atoms with E-state index >= 15 is 0 Å². The average molecular weight is 305 g/mol. The number of aryl methyl sites for hydroxylation is 1. The molecule has 0 saturated carbocycles. The molecule has 0 saturated heterocycles. The minimum Gasteiger partial charge on any atom is -0.363 e. The molecule has 21 heavy (non-hydrogen) atoms. The molecule has 0 spiro atoms. The summed E-state index contributed by atoms with van der Waals surface area (Å²) in [6.45, 7) is 2.02. The van der Waals surface area contributed by atoms with E-state index in [0.29, 0.717) is 11.4 Å². The maximum Gasteiger partial charge on any atom is 0.247 e. The summed E-state index contributed by atoms with van der Waals surface area (Å²) < 4.78 is 0. The average Bonchev–Trinajstić information content (AvgIpc) is 2.95. The predicted molar refractivity (Wildman–Crippen MR) is 85.6 cm³/mol. The molecule has 1 unspecified atom stereocenters. The molecule has 3 N–H and O–H groups in total. The summed E-state index contributed by atoms with van der Waals surface area (Å²) in [5.41, 5.74) is 7.16.